The number of nitrogens with zero attached hydrogens (tertiary/aromatic N) is 5. The number of aliphatic imine (C=N–C) groups is 1. The summed E-state index contributed by atoms with van der Waals surface area (Å²) in [4.78, 5) is 29.8. The van der Waals surface area contributed by atoms with Gasteiger partial charge in [-0.2, -0.15) is 0 Å². The van der Waals surface area contributed by atoms with E-state index in [0.717, 1.165) is 51.1 Å². The van der Waals surface area contributed by atoms with Crippen LogP contribution in [0.3, 0.4) is 0 Å². The molecule has 1 aromatic heterocycles. The maximum absolute atomic E-state index is 12.6. The second-order valence-corrected chi connectivity index (χ2v) is 8.34. The lowest BCUT2D eigenvalue weighted by Gasteiger charge is -2.34. The van der Waals surface area contributed by atoms with Crippen molar-refractivity contribution in [1.29, 1.82) is 0 Å². The minimum Gasteiger partial charge on any atom is -0.378 e. The fourth-order valence-corrected chi connectivity index (χ4v) is 4.14. The average Bonchev–Trinajstić information content (AvgIpc) is 2.85. The van der Waals surface area contributed by atoms with Gasteiger partial charge in [-0.25, -0.2) is 9.97 Å². The molecule has 2 heterocycles. The number of amides is 1. The molecule has 32 heavy (non-hydrogen) atoms. The van der Waals surface area contributed by atoms with E-state index in [-0.39, 0.29) is 5.91 Å². The van der Waals surface area contributed by atoms with Gasteiger partial charge in [0.05, 0.1) is 6.10 Å². The number of piperazine rings is 1. The number of hydrogen-bond donors (Lipinski definition) is 2. The topological polar surface area (TPSA) is 95.0 Å². The van der Waals surface area contributed by atoms with E-state index < -0.39 is 0 Å². The highest BCUT2D eigenvalue weighted by Gasteiger charge is 2.22. The van der Waals surface area contributed by atoms with Gasteiger partial charge in [0.15, 0.2) is 5.96 Å². The van der Waals surface area contributed by atoms with Gasteiger partial charge in [-0.3, -0.25) is 9.79 Å². The number of anilines is 1. The van der Waals surface area contributed by atoms with Crippen LogP contribution in [-0.4, -0.2) is 85.3 Å². The van der Waals surface area contributed by atoms with Gasteiger partial charge < -0.3 is 25.2 Å². The summed E-state index contributed by atoms with van der Waals surface area (Å²) < 4.78 is 5.97. The van der Waals surface area contributed by atoms with Crippen LogP contribution in [0, 0.1) is 0 Å². The summed E-state index contributed by atoms with van der Waals surface area (Å²) in [6.45, 7) is 7.83. The molecule has 2 N–H and O–H groups in total. The normalized spacial score (nSPS) is 18.0. The van der Waals surface area contributed by atoms with Crippen molar-refractivity contribution in [2.75, 3.05) is 57.3 Å². The fourth-order valence-electron chi connectivity index (χ4n) is 4.14. The second-order valence-electron chi connectivity index (χ2n) is 8.34. The number of carbonyl (C=O) groups is 1. The molecule has 9 heteroatoms. The Hall–Kier alpha value is -2.42. The lowest BCUT2D eigenvalue weighted by atomic mass is 9.98. The summed E-state index contributed by atoms with van der Waals surface area (Å²) in [5, 5.41) is 6.54. The van der Waals surface area contributed by atoms with Crippen LogP contribution in [0.25, 0.3) is 0 Å². The molecule has 0 atom stereocenters. The van der Waals surface area contributed by atoms with Crippen molar-refractivity contribution in [3.05, 3.63) is 18.5 Å². The third kappa shape index (κ3) is 8.26. The Morgan fingerprint density at radius 1 is 1.12 bits per heavy atom. The molecule has 0 aromatic carbocycles. The molecular formula is C23H39N7O2. The molecule has 178 valence electrons. The molecule has 0 bridgehead atoms. The van der Waals surface area contributed by atoms with Crippen LogP contribution in [0.4, 0.5) is 5.95 Å². The van der Waals surface area contributed by atoms with Crippen molar-refractivity contribution < 1.29 is 9.53 Å². The molecule has 2 aliphatic rings. The largest absolute Gasteiger partial charge is 0.378 e. The predicted octanol–water partition coefficient (Wildman–Crippen LogP) is 1.81. The Morgan fingerprint density at radius 3 is 2.59 bits per heavy atom. The van der Waals surface area contributed by atoms with Crippen molar-refractivity contribution in [2.24, 2.45) is 4.99 Å². The van der Waals surface area contributed by atoms with Gasteiger partial charge in [-0.15, -0.1) is 0 Å². The Kier molecular flexibility index (Phi) is 10.5. The number of ether oxygens (including phenoxy) is 1. The summed E-state index contributed by atoms with van der Waals surface area (Å²) in [6, 6.07) is 1.81. The lowest BCUT2D eigenvalue weighted by Crippen LogP contribution is -2.50. The lowest BCUT2D eigenvalue weighted by molar-refractivity contribution is -0.131. The van der Waals surface area contributed by atoms with E-state index in [9.17, 15) is 4.79 Å². The molecule has 2 fully saturated rings. The minimum atomic E-state index is 0.169. The van der Waals surface area contributed by atoms with Gasteiger partial charge in [-0.1, -0.05) is 19.3 Å². The molecule has 1 aromatic rings. The van der Waals surface area contributed by atoms with E-state index in [1.807, 2.05) is 17.9 Å². The average molecular weight is 446 g/mol. The molecule has 0 radical (unpaired) electrons. The second kappa shape index (κ2) is 13.9. The Bertz CT molecular complexity index is 687. The zero-order chi connectivity index (χ0) is 22.4. The fraction of sp³-hybridized carbons (Fsp3) is 0.739. The number of hydrogen-bond acceptors (Lipinski definition) is 6. The molecule has 1 saturated carbocycles. The molecule has 1 aliphatic carbocycles. The predicted molar refractivity (Wildman–Crippen MR) is 127 cm³/mol. The van der Waals surface area contributed by atoms with Crippen LogP contribution in [0.1, 0.15) is 51.9 Å². The van der Waals surface area contributed by atoms with E-state index in [1.165, 1.54) is 32.1 Å². The number of nitrogens with one attached hydrogen (secondary N) is 2. The maximum atomic E-state index is 12.6. The molecule has 1 saturated heterocycles. The highest BCUT2D eigenvalue weighted by Crippen LogP contribution is 2.20. The van der Waals surface area contributed by atoms with E-state index in [1.54, 1.807) is 12.4 Å². The quantitative estimate of drug-likeness (QED) is 0.322. The number of aromatic nitrogens is 2. The molecule has 0 unspecified atom stereocenters. The van der Waals surface area contributed by atoms with Gasteiger partial charge in [0.25, 0.3) is 0 Å². The highest BCUT2D eigenvalue weighted by atomic mass is 16.5. The van der Waals surface area contributed by atoms with E-state index in [2.05, 4.69) is 30.5 Å². The van der Waals surface area contributed by atoms with Crippen LogP contribution >= 0.6 is 0 Å². The standard InChI is InChI=1S/C23H39N7O2/c1-2-24-22(25-13-7-19-32-20-8-4-3-5-9-20)26-14-10-21(31)29-15-17-30(18-16-29)23-27-11-6-12-28-23/h6,11-12,20H,2-5,7-10,13-19H2,1H3,(H2,24,25,26). The smallest absolute Gasteiger partial charge is 0.225 e. The Labute approximate surface area is 192 Å². The summed E-state index contributed by atoms with van der Waals surface area (Å²) in [5.41, 5.74) is 0. The third-order valence-corrected chi connectivity index (χ3v) is 5.92. The molecule has 1 amide bonds. The highest BCUT2D eigenvalue weighted by molar-refractivity contribution is 5.81. The number of rotatable bonds is 10. The van der Waals surface area contributed by atoms with E-state index >= 15 is 0 Å². The summed E-state index contributed by atoms with van der Waals surface area (Å²) in [6.07, 6.45) is 11.7. The van der Waals surface area contributed by atoms with Gasteiger partial charge in [0, 0.05) is 71.2 Å². The van der Waals surface area contributed by atoms with Crippen LogP contribution in [0.5, 0.6) is 0 Å². The van der Waals surface area contributed by atoms with Crippen LogP contribution in [-0.2, 0) is 9.53 Å². The summed E-state index contributed by atoms with van der Waals surface area (Å²) >= 11 is 0. The first-order valence-corrected chi connectivity index (χ1v) is 12.2. The van der Waals surface area contributed by atoms with Gasteiger partial charge in [0.2, 0.25) is 11.9 Å². The van der Waals surface area contributed by atoms with Gasteiger partial charge in [-0.05, 0) is 32.3 Å². The molecular weight excluding hydrogens is 406 g/mol. The van der Waals surface area contributed by atoms with Gasteiger partial charge >= 0.3 is 0 Å². The Morgan fingerprint density at radius 2 is 1.88 bits per heavy atom. The summed E-state index contributed by atoms with van der Waals surface area (Å²) in [7, 11) is 0. The zero-order valence-electron chi connectivity index (χ0n) is 19.5. The number of guanidine groups is 1. The molecule has 1 aliphatic heterocycles. The van der Waals surface area contributed by atoms with Crippen molar-refractivity contribution in [1.82, 2.24) is 25.5 Å². The summed E-state index contributed by atoms with van der Waals surface area (Å²) in [5.74, 6) is 1.67. The monoisotopic (exact) mass is 445 g/mol. The first kappa shape index (κ1) is 24.2. The van der Waals surface area contributed by atoms with E-state index in [4.69, 9.17) is 4.74 Å². The first-order valence-electron chi connectivity index (χ1n) is 12.2. The number of carbonyl (C=O) groups excluding carboxylic acids is 1. The van der Waals surface area contributed by atoms with Gasteiger partial charge in [0.1, 0.15) is 0 Å². The SMILES string of the molecule is CCNC(=NCCCOC1CCCCC1)NCCC(=O)N1CCN(c2ncccn2)CC1. The maximum Gasteiger partial charge on any atom is 0.225 e. The molecule has 0 spiro atoms. The zero-order valence-corrected chi connectivity index (χ0v) is 19.5. The molecule has 3 rings (SSSR count). The molecule has 9 nitrogen and oxygen atoms in total. The van der Waals surface area contributed by atoms with Crippen molar-refractivity contribution >= 4 is 17.8 Å². The minimum absolute atomic E-state index is 0.169. The van der Waals surface area contributed by atoms with Crippen LogP contribution in [0.2, 0.25) is 0 Å². The first-order chi connectivity index (χ1) is 15.8. The van der Waals surface area contributed by atoms with Crippen molar-refractivity contribution in [2.45, 2.75) is 58.0 Å². The van der Waals surface area contributed by atoms with Crippen LogP contribution < -0.4 is 15.5 Å². The van der Waals surface area contributed by atoms with E-state index in [0.29, 0.717) is 32.2 Å². The third-order valence-electron chi connectivity index (χ3n) is 5.92. The van der Waals surface area contributed by atoms with Crippen molar-refractivity contribution in [3.63, 3.8) is 0 Å². The van der Waals surface area contributed by atoms with Crippen molar-refractivity contribution in [3.8, 4) is 0 Å². The Balaban J connectivity index is 1.30. The van der Waals surface area contributed by atoms with Crippen LogP contribution in [0.15, 0.2) is 23.5 Å².